The summed E-state index contributed by atoms with van der Waals surface area (Å²) in [6.45, 7) is 15.1. The molecule has 2 saturated heterocycles. The minimum absolute atomic E-state index is 0.1000. The molecule has 7 heteroatoms. The summed E-state index contributed by atoms with van der Waals surface area (Å²) >= 11 is 5.47. The van der Waals surface area contributed by atoms with Crippen LogP contribution in [-0.2, 0) is 0 Å². The van der Waals surface area contributed by atoms with Crippen molar-refractivity contribution in [2.75, 3.05) is 41.3 Å². The average Bonchev–Trinajstić information content (AvgIpc) is 3.06. The molecule has 1 aromatic heterocycles. The monoisotopic (exact) mass is 390 g/mol. The molecule has 2 aliphatic heterocycles. The Morgan fingerprint density at radius 1 is 1.04 bits per heavy atom. The summed E-state index contributed by atoms with van der Waals surface area (Å²) in [5.41, 5.74) is -0.1000. The van der Waals surface area contributed by atoms with Crippen LogP contribution in [0, 0.1) is 11.8 Å². The summed E-state index contributed by atoms with van der Waals surface area (Å²) in [5, 5.41) is 7.05. The van der Waals surface area contributed by atoms with Gasteiger partial charge in [0.25, 0.3) is 0 Å². The summed E-state index contributed by atoms with van der Waals surface area (Å²) in [6, 6.07) is 2.15. The zero-order chi connectivity index (χ0) is 19.6. The Labute approximate surface area is 169 Å². The van der Waals surface area contributed by atoms with Gasteiger partial charge < -0.3 is 20.4 Å². The molecule has 2 fully saturated rings. The normalized spacial score (nSPS) is 23.4. The number of aromatic nitrogens is 2. The Morgan fingerprint density at radius 2 is 1.59 bits per heavy atom. The van der Waals surface area contributed by atoms with Gasteiger partial charge in [-0.3, -0.25) is 0 Å². The molecule has 0 radical (unpaired) electrons. The van der Waals surface area contributed by atoms with Gasteiger partial charge in [-0.1, -0.05) is 13.8 Å². The van der Waals surface area contributed by atoms with E-state index in [1.54, 1.807) is 0 Å². The van der Waals surface area contributed by atoms with Crippen LogP contribution >= 0.6 is 12.2 Å². The number of nitrogens with one attached hydrogen (secondary N) is 2. The topological polar surface area (TPSA) is 56.3 Å². The number of piperidine rings is 1. The Morgan fingerprint density at radius 3 is 2.15 bits per heavy atom. The van der Waals surface area contributed by atoms with E-state index in [1.807, 2.05) is 0 Å². The van der Waals surface area contributed by atoms with Crippen LogP contribution in [0.25, 0.3) is 0 Å². The summed E-state index contributed by atoms with van der Waals surface area (Å²) < 4.78 is 0. The Balaban J connectivity index is 1.85. The van der Waals surface area contributed by atoms with Crippen molar-refractivity contribution < 1.29 is 0 Å². The highest BCUT2D eigenvalue weighted by atomic mass is 32.1. The number of hydrogen-bond acceptors (Lipinski definition) is 5. The first-order valence-corrected chi connectivity index (χ1v) is 10.6. The van der Waals surface area contributed by atoms with Crippen LogP contribution < -0.4 is 20.4 Å². The van der Waals surface area contributed by atoms with Crippen molar-refractivity contribution in [1.82, 2.24) is 15.3 Å². The fraction of sp³-hybridized carbons (Fsp3) is 0.750. The maximum absolute atomic E-state index is 5.47. The standard InChI is InChI=1S/C20H34N6S/c1-14-10-15(2)13-26(12-14)17-11-16(25-8-6-7-9-25)21-18(22-17)23-19(27)24-20(3,4)5/h11,14-15H,6-10,12-13H2,1-5H3,(H2,21,22,23,24,27)/t14-,15-/m0/s1. The first-order chi connectivity index (χ1) is 12.7. The van der Waals surface area contributed by atoms with Gasteiger partial charge in [-0.25, -0.2) is 0 Å². The summed E-state index contributed by atoms with van der Waals surface area (Å²) in [7, 11) is 0. The van der Waals surface area contributed by atoms with Crippen LogP contribution in [0.4, 0.5) is 17.6 Å². The fourth-order valence-corrected chi connectivity index (χ4v) is 4.47. The number of anilines is 3. The van der Waals surface area contributed by atoms with Crippen LogP contribution in [0.2, 0.25) is 0 Å². The SMILES string of the molecule is C[C@H]1C[C@H](C)CN(c2cc(N3CCCC3)nc(NC(=S)NC(C)(C)C)n2)C1. The van der Waals surface area contributed by atoms with Crippen molar-refractivity contribution in [2.24, 2.45) is 11.8 Å². The molecule has 1 aromatic rings. The van der Waals surface area contributed by atoms with Crippen molar-refractivity contribution in [1.29, 1.82) is 0 Å². The molecular weight excluding hydrogens is 356 g/mol. The van der Waals surface area contributed by atoms with Crippen molar-refractivity contribution >= 4 is 34.9 Å². The number of nitrogens with zero attached hydrogens (tertiary/aromatic N) is 4. The van der Waals surface area contributed by atoms with Gasteiger partial charge in [0.1, 0.15) is 11.6 Å². The van der Waals surface area contributed by atoms with E-state index in [4.69, 9.17) is 22.2 Å². The predicted octanol–water partition coefficient (Wildman–Crippen LogP) is 3.64. The smallest absolute Gasteiger partial charge is 0.232 e. The Bertz CT molecular complexity index is 655. The maximum atomic E-state index is 5.47. The Hall–Kier alpha value is -1.63. The summed E-state index contributed by atoms with van der Waals surface area (Å²) in [6.07, 6.45) is 3.74. The van der Waals surface area contributed by atoms with E-state index in [1.165, 1.54) is 19.3 Å². The van der Waals surface area contributed by atoms with E-state index >= 15 is 0 Å². The molecule has 0 saturated carbocycles. The number of thiocarbonyl (C=S) groups is 1. The van der Waals surface area contributed by atoms with Crippen LogP contribution in [0.15, 0.2) is 6.07 Å². The molecule has 3 heterocycles. The van der Waals surface area contributed by atoms with Crippen LogP contribution in [0.3, 0.4) is 0 Å². The third kappa shape index (κ3) is 5.67. The first kappa shape index (κ1) is 20.1. The summed E-state index contributed by atoms with van der Waals surface area (Å²) in [5.74, 6) is 3.95. The second-order valence-electron chi connectivity index (χ2n) is 9.28. The molecule has 0 aliphatic carbocycles. The zero-order valence-electron chi connectivity index (χ0n) is 17.4. The molecule has 27 heavy (non-hydrogen) atoms. The molecule has 6 nitrogen and oxygen atoms in total. The van der Waals surface area contributed by atoms with E-state index in [9.17, 15) is 0 Å². The lowest BCUT2D eigenvalue weighted by atomic mass is 9.92. The number of hydrogen-bond donors (Lipinski definition) is 2. The predicted molar refractivity (Wildman–Crippen MR) is 118 cm³/mol. The highest BCUT2D eigenvalue weighted by Crippen LogP contribution is 2.29. The van der Waals surface area contributed by atoms with Gasteiger partial charge in [-0.15, -0.1) is 0 Å². The molecule has 0 spiro atoms. The van der Waals surface area contributed by atoms with Crippen molar-refractivity contribution in [2.45, 2.75) is 59.4 Å². The minimum atomic E-state index is -0.1000. The van der Waals surface area contributed by atoms with Crippen LogP contribution in [-0.4, -0.2) is 46.8 Å². The van der Waals surface area contributed by atoms with Gasteiger partial charge in [0, 0.05) is 37.8 Å². The second-order valence-corrected chi connectivity index (χ2v) is 9.69. The van der Waals surface area contributed by atoms with E-state index in [0.717, 1.165) is 37.8 Å². The molecular formula is C20H34N6S. The molecule has 0 amide bonds. The molecule has 0 unspecified atom stereocenters. The lowest BCUT2D eigenvalue weighted by Crippen LogP contribution is -2.43. The van der Waals surface area contributed by atoms with Gasteiger partial charge in [-0.2, -0.15) is 9.97 Å². The third-order valence-electron chi connectivity index (χ3n) is 5.04. The lowest BCUT2D eigenvalue weighted by molar-refractivity contribution is 0.355. The molecule has 2 N–H and O–H groups in total. The quantitative estimate of drug-likeness (QED) is 0.764. The second kappa shape index (κ2) is 8.17. The minimum Gasteiger partial charge on any atom is -0.358 e. The molecule has 3 rings (SSSR count). The van der Waals surface area contributed by atoms with Gasteiger partial charge >= 0.3 is 0 Å². The van der Waals surface area contributed by atoms with E-state index < -0.39 is 0 Å². The number of rotatable bonds is 3. The van der Waals surface area contributed by atoms with E-state index in [2.05, 4.69) is 61.1 Å². The highest BCUT2D eigenvalue weighted by molar-refractivity contribution is 7.80. The molecule has 2 aliphatic rings. The van der Waals surface area contributed by atoms with Crippen LogP contribution in [0.5, 0.6) is 0 Å². The zero-order valence-corrected chi connectivity index (χ0v) is 18.2. The van der Waals surface area contributed by atoms with Gasteiger partial charge in [0.15, 0.2) is 5.11 Å². The van der Waals surface area contributed by atoms with Gasteiger partial charge in [0.2, 0.25) is 5.95 Å². The average molecular weight is 391 g/mol. The molecule has 2 atom stereocenters. The van der Waals surface area contributed by atoms with Gasteiger partial charge in [-0.05, 0) is 64.1 Å². The summed E-state index contributed by atoms with van der Waals surface area (Å²) in [4.78, 5) is 14.3. The third-order valence-corrected chi connectivity index (χ3v) is 5.24. The largest absolute Gasteiger partial charge is 0.358 e. The van der Waals surface area contributed by atoms with Crippen molar-refractivity contribution in [3.63, 3.8) is 0 Å². The Kier molecular flexibility index (Phi) is 6.08. The molecule has 0 bridgehead atoms. The van der Waals surface area contributed by atoms with Crippen molar-refractivity contribution in [3.05, 3.63) is 6.07 Å². The highest BCUT2D eigenvalue weighted by Gasteiger charge is 2.25. The van der Waals surface area contributed by atoms with Crippen LogP contribution in [0.1, 0.15) is 53.9 Å². The maximum Gasteiger partial charge on any atom is 0.232 e. The van der Waals surface area contributed by atoms with Crippen molar-refractivity contribution in [3.8, 4) is 0 Å². The first-order valence-electron chi connectivity index (χ1n) is 10.2. The van der Waals surface area contributed by atoms with E-state index in [-0.39, 0.29) is 5.54 Å². The molecule has 150 valence electrons. The molecule has 0 aromatic carbocycles. The van der Waals surface area contributed by atoms with E-state index in [0.29, 0.717) is 22.9 Å². The lowest BCUT2D eigenvalue weighted by Gasteiger charge is -2.36. The fourth-order valence-electron chi connectivity index (χ4n) is 4.07. The van der Waals surface area contributed by atoms with Gasteiger partial charge in [0.05, 0.1) is 0 Å².